The van der Waals surface area contributed by atoms with Gasteiger partial charge < -0.3 is 10.5 Å². The zero-order valence-electron chi connectivity index (χ0n) is 12.4. The second kappa shape index (κ2) is 5.63. The van der Waals surface area contributed by atoms with Crippen molar-refractivity contribution >= 4 is 11.6 Å². The lowest BCUT2D eigenvalue weighted by molar-refractivity contribution is -0.0794. The van der Waals surface area contributed by atoms with Gasteiger partial charge in [-0.25, -0.2) is 4.39 Å². The van der Waals surface area contributed by atoms with Gasteiger partial charge >= 0.3 is 0 Å². The van der Waals surface area contributed by atoms with Crippen molar-refractivity contribution < 1.29 is 9.13 Å². The number of hydrogen-bond donors (Lipinski definition) is 1. The van der Waals surface area contributed by atoms with Gasteiger partial charge in [0.05, 0.1) is 11.6 Å². The van der Waals surface area contributed by atoms with Gasteiger partial charge in [-0.2, -0.15) is 0 Å². The van der Waals surface area contributed by atoms with Crippen molar-refractivity contribution in [3.05, 3.63) is 34.6 Å². The van der Waals surface area contributed by atoms with E-state index in [1.807, 2.05) is 0 Å². The van der Waals surface area contributed by atoms with Crippen molar-refractivity contribution in [3.63, 3.8) is 0 Å². The number of halogens is 2. The lowest BCUT2D eigenvalue weighted by Gasteiger charge is -2.46. The quantitative estimate of drug-likeness (QED) is 0.894. The summed E-state index contributed by atoms with van der Waals surface area (Å²) in [7, 11) is 1.69. The van der Waals surface area contributed by atoms with Crippen LogP contribution in [0, 0.1) is 11.2 Å². The molecular weight excluding hydrogens is 277 g/mol. The van der Waals surface area contributed by atoms with E-state index in [1.165, 1.54) is 12.1 Å². The summed E-state index contributed by atoms with van der Waals surface area (Å²) in [4.78, 5) is 0. The molecule has 1 aliphatic carbocycles. The molecule has 1 aromatic rings. The Labute approximate surface area is 125 Å². The predicted molar refractivity (Wildman–Crippen MR) is 80.3 cm³/mol. The van der Waals surface area contributed by atoms with Crippen molar-refractivity contribution in [2.75, 3.05) is 7.11 Å². The molecule has 1 atom stereocenters. The number of nitrogens with two attached hydrogens (primary N) is 1. The van der Waals surface area contributed by atoms with Gasteiger partial charge in [0.25, 0.3) is 0 Å². The van der Waals surface area contributed by atoms with Crippen LogP contribution >= 0.6 is 11.6 Å². The highest BCUT2D eigenvalue weighted by Gasteiger charge is 2.44. The molecule has 4 heteroatoms. The monoisotopic (exact) mass is 299 g/mol. The minimum atomic E-state index is -0.451. The fourth-order valence-corrected chi connectivity index (χ4v) is 3.26. The number of methoxy groups -OCH3 is 1. The maximum Gasteiger partial charge on any atom is 0.123 e. The fraction of sp³-hybridized carbons (Fsp3) is 0.625. The third-order valence-electron chi connectivity index (χ3n) is 4.72. The van der Waals surface area contributed by atoms with Gasteiger partial charge in [-0.1, -0.05) is 25.4 Å². The summed E-state index contributed by atoms with van der Waals surface area (Å²) in [6, 6.07) is 3.92. The van der Waals surface area contributed by atoms with Crippen LogP contribution in [0.4, 0.5) is 4.39 Å². The number of rotatable bonds is 3. The molecule has 20 heavy (non-hydrogen) atoms. The Kier molecular flexibility index (Phi) is 4.43. The Balaban J connectivity index is 2.30. The van der Waals surface area contributed by atoms with E-state index in [2.05, 4.69) is 13.8 Å². The smallest absolute Gasteiger partial charge is 0.123 e. The van der Waals surface area contributed by atoms with Crippen molar-refractivity contribution in [2.45, 2.75) is 51.2 Å². The first-order chi connectivity index (χ1) is 9.30. The molecule has 0 heterocycles. The van der Waals surface area contributed by atoms with Crippen LogP contribution in [0.3, 0.4) is 0 Å². The van der Waals surface area contributed by atoms with Crippen molar-refractivity contribution in [3.8, 4) is 0 Å². The van der Waals surface area contributed by atoms with Gasteiger partial charge in [-0.05, 0) is 54.9 Å². The zero-order chi connectivity index (χ0) is 15.0. The molecule has 0 aromatic heterocycles. The summed E-state index contributed by atoms with van der Waals surface area (Å²) in [5.74, 6) is -0.317. The molecule has 0 radical (unpaired) electrons. The Morgan fingerprint density at radius 3 is 2.40 bits per heavy atom. The first-order valence-corrected chi connectivity index (χ1v) is 7.43. The molecule has 0 saturated heterocycles. The third-order valence-corrected chi connectivity index (χ3v) is 5.06. The molecular formula is C16H23ClFNO. The van der Waals surface area contributed by atoms with E-state index >= 15 is 0 Å². The third kappa shape index (κ3) is 3.00. The average Bonchev–Trinajstić information content (AvgIpc) is 2.41. The van der Waals surface area contributed by atoms with Crippen LogP contribution in [0.25, 0.3) is 0 Å². The molecule has 1 aromatic carbocycles. The molecule has 2 rings (SSSR count). The first kappa shape index (κ1) is 15.7. The molecule has 0 bridgehead atoms. The predicted octanol–water partition coefficient (Wildman–Crippen LogP) is 4.46. The second-order valence-electron chi connectivity index (χ2n) is 6.58. The maximum atomic E-state index is 13.5. The van der Waals surface area contributed by atoms with E-state index in [0.29, 0.717) is 16.0 Å². The molecule has 2 nitrogen and oxygen atoms in total. The Bertz CT molecular complexity index is 479. The van der Waals surface area contributed by atoms with Gasteiger partial charge in [0.15, 0.2) is 0 Å². The highest BCUT2D eigenvalue weighted by molar-refractivity contribution is 6.31. The van der Waals surface area contributed by atoms with Crippen LogP contribution < -0.4 is 5.73 Å². The Morgan fingerprint density at radius 1 is 1.25 bits per heavy atom. The number of benzene rings is 1. The SMILES string of the molecule is COC1(C(N)c2cc(F)ccc2Cl)CCC(C)(C)CC1. The van der Waals surface area contributed by atoms with Crippen LogP contribution in [0.1, 0.15) is 51.1 Å². The highest BCUT2D eigenvalue weighted by atomic mass is 35.5. The zero-order valence-corrected chi connectivity index (χ0v) is 13.1. The molecule has 0 aliphatic heterocycles. The van der Waals surface area contributed by atoms with E-state index in [9.17, 15) is 4.39 Å². The van der Waals surface area contributed by atoms with Crippen LogP contribution in [0.15, 0.2) is 18.2 Å². The van der Waals surface area contributed by atoms with E-state index < -0.39 is 11.6 Å². The van der Waals surface area contributed by atoms with E-state index in [4.69, 9.17) is 22.1 Å². The molecule has 0 amide bonds. The molecule has 1 saturated carbocycles. The molecule has 2 N–H and O–H groups in total. The lowest BCUT2D eigenvalue weighted by Crippen LogP contribution is -2.47. The topological polar surface area (TPSA) is 35.2 Å². The van der Waals surface area contributed by atoms with E-state index in [1.54, 1.807) is 13.2 Å². The number of ether oxygens (including phenoxy) is 1. The van der Waals surface area contributed by atoms with Gasteiger partial charge in [0.2, 0.25) is 0 Å². The molecule has 1 fully saturated rings. The maximum absolute atomic E-state index is 13.5. The average molecular weight is 300 g/mol. The highest BCUT2D eigenvalue weighted by Crippen LogP contribution is 2.47. The van der Waals surface area contributed by atoms with E-state index in [-0.39, 0.29) is 5.82 Å². The van der Waals surface area contributed by atoms with Crippen molar-refractivity contribution in [1.29, 1.82) is 0 Å². The lowest BCUT2D eigenvalue weighted by atomic mass is 9.67. The summed E-state index contributed by atoms with van der Waals surface area (Å²) < 4.78 is 19.2. The minimum absolute atomic E-state index is 0.313. The number of hydrogen-bond acceptors (Lipinski definition) is 2. The Morgan fingerprint density at radius 2 is 1.85 bits per heavy atom. The van der Waals surface area contributed by atoms with Gasteiger partial charge in [-0.15, -0.1) is 0 Å². The van der Waals surface area contributed by atoms with Crippen LogP contribution in [-0.2, 0) is 4.74 Å². The summed E-state index contributed by atoms with van der Waals surface area (Å²) in [6.07, 6.45) is 3.82. The van der Waals surface area contributed by atoms with Gasteiger partial charge in [0, 0.05) is 12.1 Å². The summed E-state index contributed by atoms with van der Waals surface area (Å²) in [5.41, 5.74) is 6.89. The summed E-state index contributed by atoms with van der Waals surface area (Å²) in [6.45, 7) is 4.51. The molecule has 1 aliphatic rings. The fourth-order valence-electron chi connectivity index (χ4n) is 3.03. The van der Waals surface area contributed by atoms with Crippen molar-refractivity contribution in [2.24, 2.45) is 11.1 Å². The normalized spacial score (nSPS) is 22.5. The van der Waals surface area contributed by atoms with Crippen LogP contribution in [0.2, 0.25) is 5.02 Å². The summed E-state index contributed by atoms with van der Waals surface area (Å²) >= 11 is 6.18. The largest absolute Gasteiger partial charge is 0.376 e. The van der Waals surface area contributed by atoms with Gasteiger partial charge in [-0.3, -0.25) is 0 Å². The van der Waals surface area contributed by atoms with E-state index in [0.717, 1.165) is 25.7 Å². The summed E-state index contributed by atoms with van der Waals surface area (Å²) in [5, 5.41) is 0.500. The molecule has 0 spiro atoms. The molecule has 1 unspecified atom stereocenters. The first-order valence-electron chi connectivity index (χ1n) is 7.05. The molecule has 112 valence electrons. The van der Waals surface area contributed by atoms with Crippen molar-refractivity contribution in [1.82, 2.24) is 0 Å². The standard InChI is InChI=1S/C16H23ClFNO/c1-15(2)6-8-16(20-3,9-7-15)14(19)12-10-11(18)4-5-13(12)17/h4-5,10,14H,6-9,19H2,1-3H3. The minimum Gasteiger partial charge on any atom is -0.376 e. The van der Waals surface area contributed by atoms with Gasteiger partial charge in [0.1, 0.15) is 5.82 Å². The van der Waals surface area contributed by atoms with Crippen LogP contribution in [0.5, 0.6) is 0 Å². The second-order valence-corrected chi connectivity index (χ2v) is 6.98. The Hall–Kier alpha value is -0.640. The van der Waals surface area contributed by atoms with Crippen LogP contribution in [-0.4, -0.2) is 12.7 Å².